The first-order chi connectivity index (χ1) is 28.8. The molecular weight excluding hydrogens is 751 g/mol. The lowest BCUT2D eigenvalue weighted by Gasteiger charge is -2.23. The van der Waals surface area contributed by atoms with Crippen molar-refractivity contribution < 1.29 is 22.9 Å². The number of hydrogen-bond donors (Lipinski definition) is 3. The van der Waals surface area contributed by atoms with Gasteiger partial charge in [0, 0.05) is 6.42 Å². The highest BCUT2D eigenvalue weighted by Crippen LogP contribution is 2.17. The summed E-state index contributed by atoms with van der Waals surface area (Å²) >= 11 is 0. The van der Waals surface area contributed by atoms with E-state index in [1.165, 1.54) is 186 Å². The van der Waals surface area contributed by atoms with Crippen molar-refractivity contribution >= 4 is 16.0 Å². The van der Waals surface area contributed by atoms with Crippen molar-refractivity contribution in [3.05, 3.63) is 36.5 Å². The lowest BCUT2D eigenvalue weighted by Crippen LogP contribution is -2.47. The average Bonchev–Trinajstić information content (AvgIpc) is 3.20. The summed E-state index contributed by atoms with van der Waals surface area (Å²) in [5.41, 5.74) is 0. The van der Waals surface area contributed by atoms with Crippen LogP contribution in [0.25, 0.3) is 0 Å². The molecule has 2 atom stereocenters. The standard InChI is InChI=1S/C52H99NO5S/c1-3-5-7-9-11-13-15-17-19-21-23-25-26-28-30-32-34-36-38-40-42-44-46-48-52(55)53-50(49-59(56,57)58)51(54)47-45-43-41-39-37-35-33-31-29-27-24-22-20-18-16-14-12-10-8-6-4-2/h15,17,21,23,26,28,50-51,54H,3-14,16,18-20,22,24-25,27,29-49H2,1-2H3,(H,53,55)(H,56,57,58)/b17-15-,23-21-,28-26-. The van der Waals surface area contributed by atoms with E-state index >= 15 is 0 Å². The van der Waals surface area contributed by atoms with E-state index in [0.29, 0.717) is 12.8 Å². The fourth-order valence-electron chi connectivity index (χ4n) is 7.99. The number of amides is 1. The average molecular weight is 850 g/mol. The second-order valence-corrected chi connectivity index (χ2v) is 19.3. The molecule has 0 saturated heterocycles. The largest absolute Gasteiger partial charge is 0.391 e. The second-order valence-electron chi connectivity index (χ2n) is 17.8. The van der Waals surface area contributed by atoms with Crippen molar-refractivity contribution in [2.75, 3.05) is 5.75 Å². The van der Waals surface area contributed by atoms with Crippen molar-refractivity contribution in [1.29, 1.82) is 0 Å². The molecule has 0 aromatic heterocycles. The van der Waals surface area contributed by atoms with Gasteiger partial charge in [0.05, 0.1) is 17.9 Å². The summed E-state index contributed by atoms with van der Waals surface area (Å²) < 4.78 is 32.8. The highest BCUT2D eigenvalue weighted by atomic mass is 32.2. The molecule has 3 N–H and O–H groups in total. The molecular formula is C52H99NO5S. The van der Waals surface area contributed by atoms with Crippen molar-refractivity contribution in [2.45, 2.75) is 283 Å². The van der Waals surface area contributed by atoms with Crippen LogP contribution in [0.15, 0.2) is 36.5 Å². The van der Waals surface area contributed by atoms with Crippen LogP contribution in [0.1, 0.15) is 271 Å². The Morgan fingerprint density at radius 3 is 1.12 bits per heavy atom. The summed E-state index contributed by atoms with van der Waals surface area (Å²) in [6.45, 7) is 4.54. The molecule has 0 radical (unpaired) electrons. The van der Waals surface area contributed by atoms with E-state index in [-0.39, 0.29) is 5.91 Å². The van der Waals surface area contributed by atoms with Gasteiger partial charge in [-0.2, -0.15) is 8.42 Å². The Kier molecular flexibility index (Phi) is 44.9. The zero-order valence-corrected chi connectivity index (χ0v) is 40.0. The quantitative estimate of drug-likeness (QED) is 0.0321. The fourth-order valence-corrected chi connectivity index (χ4v) is 8.75. The number of rotatable bonds is 47. The van der Waals surface area contributed by atoms with Gasteiger partial charge in [-0.05, 0) is 51.4 Å². The number of hydrogen-bond acceptors (Lipinski definition) is 4. The zero-order valence-electron chi connectivity index (χ0n) is 39.1. The Labute approximate surface area is 367 Å². The number of unbranched alkanes of at least 4 members (excludes halogenated alkanes) is 33. The van der Waals surface area contributed by atoms with Gasteiger partial charge in [0.2, 0.25) is 5.91 Å². The van der Waals surface area contributed by atoms with Gasteiger partial charge >= 0.3 is 0 Å². The van der Waals surface area contributed by atoms with Crippen LogP contribution in [0.3, 0.4) is 0 Å². The van der Waals surface area contributed by atoms with Crippen LogP contribution in [-0.2, 0) is 14.9 Å². The van der Waals surface area contributed by atoms with Crippen LogP contribution in [0.5, 0.6) is 0 Å². The molecule has 6 nitrogen and oxygen atoms in total. The Bertz CT molecular complexity index is 1070. The number of carbonyl (C=O) groups excluding carboxylic acids is 1. The maximum absolute atomic E-state index is 12.6. The topological polar surface area (TPSA) is 104 Å². The van der Waals surface area contributed by atoms with Crippen LogP contribution in [0.4, 0.5) is 0 Å². The molecule has 0 aliphatic carbocycles. The minimum atomic E-state index is -4.32. The smallest absolute Gasteiger partial charge is 0.266 e. The van der Waals surface area contributed by atoms with E-state index in [1.807, 2.05) is 0 Å². The maximum Gasteiger partial charge on any atom is 0.266 e. The van der Waals surface area contributed by atoms with Gasteiger partial charge in [0.25, 0.3) is 10.1 Å². The molecule has 0 aromatic rings. The summed E-state index contributed by atoms with van der Waals surface area (Å²) in [5, 5.41) is 13.5. The van der Waals surface area contributed by atoms with E-state index in [2.05, 4.69) is 55.6 Å². The summed E-state index contributed by atoms with van der Waals surface area (Å²) in [6.07, 6.45) is 61.1. The van der Waals surface area contributed by atoms with E-state index in [4.69, 9.17) is 0 Å². The monoisotopic (exact) mass is 850 g/mol. The molecule has 0 aliphatic heterocycles. The Morgan fingerprint density at radius 1 is 0.458 bits per heavy atom. The molecule has 0 saturated carbocycles. The van der Waals surface area contributed by atoms with Crippen LogP contribution >= 0.6 is 0 Å². The number of carbonyl (C=O) groups is 1. The molecule has 0 bridgehead atoms. The Balaban J connectivity index is 3.77. The van der Waals surface area contributed by atoms with Crippen molar-refractivity contribution in [3.8, 4) is 0 Å². The third-order valence-electron chi connectivity index (χ3n) is 11.8. The van der Waals surface area contributed by atoms with Crippen molar-refractivity contribution in [1.82, 2.24) is 5.32 Å². The molecule has 0 aromatic carbocycles. The van der Waals surface area contributed by atoms with Gasteiger partial charge in [-0.1, -0.05) is 249 Å². The van der Waals surface area contributed by atoms with Gasteiger partial charge in [0.15, 0.2) is 0 Å². The van der Waals surface area contributed by atoms with Crippen LogP contribution in [0.2, 0.25) is 0 Å². The van der Waals surface area contributed by atoms with Crippen molar-refractivity contribution in [2.24, 2.45) is 0 Å². The Hall–Kier alpha value is -1.44. The molecule has 0 fully saturated rings. The molecule has 0 heterocycles. The van der Waals surface area contributed by atoms with Gasteiger partial charge in [0.1, 0.15) is 0 Å². The highest BCUT2D eigenvalue weighted by Gasteiger charge is 2.26. The van der Waals surface area contributed by atoms with Crippen LogP contribution < -0.4 is 5.32 Å². The predicted octanol–water partition coefficient (Wildman–Crippen LogP) is 16.0. The first-order valence-electron chi connectivity index (χ1n) is 25.7. The first-order valence-corrected chi connectivity index (χ1v) is 27.3. The van der Waals surface area contributed by atoms with Crippen molar-refractivity contribution in [3.63, 3.8) is 0 Å². The predicted molar refractivity (Wildman–Crippen MR) is 258 cm³/mol. The summed E-state index contributed by atoms with van der Waals surface area (Å²) in [5.74, 6) is -0.899. The number of allylic oxidation sites excluding steroid dienone is 6. The normalized spacial score (nSPS) is 13.4. The van der Waals surface area contributed by atoms with Crippen LogP contribution in [0, 0.1) is 0 Å². The van der Waals surface area contributed by atoms with E-state index < -0.39 is 28.0 Å². The molecule has 0 spiro atoms. The van der Waals surface area contributed by atoms with Crippen LogP contribution in [-0.4, -0.2) is 41.9 Å². The van der Waals surface area contributed by atoms with Gasteiger partial charge in [-0.15, -0.1) is 0 Å². The lowest BCUT2D eigenvalue weighted by molar-refractivity contribution is -0.122. The van der Waals surface area contributed by atoms with E-state index in [1.54, 1.807) is 0 Å². The van der Waals surface area contributed by atoms with E-state index in [9.17, 15) is 22.9 Å². The first kappa shape index (κ1) is 57.6. The summed E-state index contributed by atoms with van der Waals surface area (Å²) in [4.78, 5) is 12.6. The minimum Gasteiger partial charge on any atom is -0.391 e. The van der Waals surface area contributed by atoms with Gasteiger partial charge in [-0.25, -0.2) is 0 Å². The number of aliphatic hydroxyl groups excluding tert-OH is 1. The molecule has 59 heavy (non-hydrogen) atoms. The summed E-state index contributed by atoms with van der Waals surface area (Å²) in [7, 11) is -4.32. The van der Waals surface area contributed by atoms with Gasteiger partial charge in [-0.3, -0.25) is 9.35 Å². The Morgan fingerprint density at radius 2 is 0.763 bits per heavy atom. The third-order valence-corrected chi connectivity index (χ3v) is 12.6. The summed E-state index contributed by atoms with van der Waals surface area (Å²) in [6, 6.07) is -0.976. The van der Waals surface area contributed by atoms with E-state index in [0.717, 1.165) is 57.8 Å². The van der Waals surface area contributed by atoms with Gasteiger partial charge < -0.3 is 10.4 Å². The molecule has 0 aliphatic rings. The molecule has 0 rings (SSSR count). The lowest BCUT2D eigenvalue weighted by atomic mass is 10.0. The third kappa shape index (κ3) is 47.5. The minimum absolute atomic E-state index is 0.250. The molecule has 1 amide bonds. The second kappa shape index (κ2) is 46.1. The highest BCUT2D eigenvalue weighted by molar-refractivity contribution is 7.85. The molecule has 2 unspecified atom stereocenters. The zero-order chi connectivity index (χ0) is 43.2. The molecule has 348 valence electrons. The SMILES string of the molecule is CCCCCCC/C=C\C/C=C\C/C=C\CCCCCCCCCCC(=O)NC(CS(=O)(=O)O)C(O)CCCCCCCCCCCCCCCCCCCCCCC. The maximum atomic E-state index is 12.6. The fraction of sp³-hybridized carbons (Fsp3) is 0.865. The number of nitrogens with one attached hydrogen (secondary N) is 1. The number of aliphatic hydroxyl groups is 1. The molecule has 7 heteroatoms.